The summed E-state index contributed by atoms with van der Waals surface area (Å²) in [5.41, 5.74) is 0. The van der Waals surface area contributed by atoms with Crippen LogP contribution < -0.4 is 5.90 Å². The Labute approximate surface area is 169 Å². The molecule has 0 aromatic heterocycles. The van der Waals surface area contributed by atoms with Gasteiger partial charge in [-0.05, 0) is 6.42 Å². The van der Waals surface area contributed by atoms with Crippen LogP contribution in [0.3, 0.4) is 0 Å². The van der Waals surface area contributed by atoms with E-state index in [2.05, 4.69) is 16.3 Å². The van der Waals surface area contributed by atoms with Crippen LogP contribution >= 0.6 is 7.82 Å². The van der Waals surface area contributed by atoms with Crippen molar-refractivity contribution in [3.8, 4) is 0 Å². The summed E-state index contributed by atoms with van der Waals surface area (Å²) in [4.78, 5) is 33.3. The summed E-state index contributed by atoms with van der Waals surface area (Å²) in [6, 6.07) is 0. The molecule has 9 heteroatoms. The Hall–Kier alpha value is -0.500. The van der Waals surface area contributed by atoms with Gasteiger partial charge in [-0.25, -0.2) is 10.5 Å². The second-order valence-corrected chi connectivity index (χ2v) is 8.46. The van der Waals surface area contributed by atoms with Crippen LogP contribution in [0.1, 0.15) is 96.8 Å². The van der Waals surface area contributed by atoms with Gasteiger partial charge in [-0.2, -0.15) is 0 Å². The molecule has 4 N–H and O–H groups in total. The molecule has 0 aliphatic carbocycles. The maximum absolute atomic E-state index is 11.7. The van der Waals surface area contributed by atoms with Crippen LogP contribution in [0.25, 0.3) is 0 Å². The topological polar surface area (TPSA) is 128 Å². The molecule has 0 aromatic carbocycles. The molecule has 0 heterocycles. The predicted octanol–water partition coefficient (Wildman–Crippen LogP) is 4.38. The first-order valence-electron chi connectivity index (χ1n) is 10.6. The van der Waals surface area contributed by atoms with E-state index in [-0.39, 0.29) is 12.6 Å². The lowest BCUT2D eigenvalue weighted by atomic mass is 10.0. The minimum absolute atomic E-state index is 0.201. The summed E-state index contributed by atoms with van der Waals surface area (Å²) in [6.07, 6.45) is 15.5. The fourth-order valence-electron chi connectivity index (χ4n) is 2.85. The zero-order valence-corrected chi connectivity index (χ0v) is 18.2. The molecule has 28 heavy (non-hydrogen) atoms. The molecule has 0 aromatic rings. The second-order valence-electron chi connectivity index (χ2n) is 7.22. The highest BCUT2D eigenvalue weighted by Gasteiger charge is 2.19. The molecule has 0 saturated heterocycles. The van der Waals surface area contributed by atoms with Crippen molar-refractivity contribution in [3.63, 3.8) is 0 Å². The van der Waals surface area contributed by atoms with E-state index in [9.17, 15) is 9.36 Å². The molecule has 0 bridgehead atoms. The number of nitrogens with two attached hydrogens (primary N) is 1. The predicted molar refractivity (Wildman–Crippen MR) is 108 cm³/mol. The van der Waals surface area contributed by atoms with E-state index in [1.807, 2.05) is 0 Å². The molecule has 8 nitrogen and oxygen atoms in total. The van der Waals surface area contributed by atoms with Crippen molar-refractivity contribution in [1.29, 1.82) is 0 Å². The molecule has 0 aliphatic heterocycles. The number of unbranched alkanes of at least 4 members (excludes halogenated alkanes) is 12. The summed E-state index contributed by atoms with van der Waals surface area (Å²) in [5, 5.41) is 0. The molecule has 0 rings (SSSR count). The van der Waals surface area contributed by atoms with Gasteiger partial charge >= 0.3 is 13.8 Å². The number of hydrogen-bond donors (Lipinski definition) is 3. The first-order valence-corrected chi connectivity index (χ1v) is 12.1. The summed E-state index contributed by atoms with van der Waals surface area (Å²) in [5.74, 6) is 4.62. The van der Waals surface area contributed by atoms with Crippen LogP contribution in [0, 0.1) is 0 Å². The molecule has 0 saturated carbocycles. The van der Waals surface area contributed by atoms with Crippen LogP contribution in [0.5, 0.6) is 0 Å². The lowest BCUT2D eigenvalue weighted by molar-refractivity contribution is -0.149. The molecular weight excluding hydrogens is 385 g/mol. The molecule has 0 amide bonds. The number of carbonyl (C=O) groups is 1. The van der Waals surface area contributed by atoms with Gasteiger partial charge in [-0.1, -0.05) is 84.0 Å². The Morgan fingerprint density at radius 1 is 0.857 bits per heavy atom. The van der Waals surface area contributed by atoms with Crippen molar-refractivity contribution < 1.29 is 33.2 Å². The lowest BCUT2D eigenvalue weighted by Gasteiger charge is -2.15. The fourth-order valence-corrected chi connectivity index (χ4v) is 3.21. The van der Waals surface area contributed by atoms with Gasteiger partial charge in [0, 0.05) is 6.42 Å². The second kappa shape index (κ2) is 18.5. The SMILES string of the molecule is CCCCCCCCCCCCCCCC(=O)OCC(COP(=O)(O)O)ON. The van der Waals surface area contributed by atoms with Crippen molar-refractivity contribution >= 4 is 13.8 Å². The lowest BCUT2D eigenvalue weighted by Crippen LogP contribution is -2.29. The van der Waals surface area contributed by atoms with Crippen molar-refractivity contribution in [2.45, 2.75) is 103 Å². The molecule has 1 atom stereocenters. The van der Waals surface area contributed by atoms with Crippen LogP contribution in [-0.2, 0) is 23.5 Å². The quantitative estimate of drug-likeness (QED) is 0.113. The number of phosphoric acid groups is 1. The number of carbonyl (C=O) groups excluding carboxylic acids is 1. The summed E-state index contributed by atoms with van der Waals surface area (Å²) in [7, 11) is -4.60. The van der Waals surface area contributed by atoms with Crippen molar-refractivity contribution in [1.82, 2.24) is 0 Å². The van der Waals surface area contributed by atoms with Crippen molar-refractivity contribution in [2.75, 3.05) is 13.2 Å². The van der Waals surface area contributed by atoms with Gasteiger partial charge in [0.25, 0.3) is 0 Å². The first kappa shape index (κ1) is 27.5. The van der Waals surface area contributed by atoms with Crippen LogP contribution in [0.15, 0.2) is 0 Å². The van der Waals surface area contributed by atoms with E-state index in [1.54, 1.807) is 0 Å². The maximum atomic E-state index is 11.7. The standard InChI is InChI=1S/C19H40NO7P/c1-2-3-4-5-6-7-8-9-10-11-12-13-14-15-19(21)25-16-18(27-20)17-26-28(22,23)24/h18H,2-17,20H2,1H3,(H2,22,23,24). The number of rotatable bonds is 20. The molecule has 1 unspecified atom stereocenters. The average Bonchev–Trinajstić information content (AvgIpc) is 2.64. The van der Waals surface area contributed by atoms with E-state index < -0.39 is 20.5 Å². The average molecular weight is 426 g/mol. The zero-order chi connectivity index (χ0) is 21.1. The van der Waals surface area contributed by atoms with Gasteiger partial charge < -0.3 is 14.5 Å². The number of ether oxygens (including phenoxy) is 1. The Morgan fingerprint density at radius 3 is 1.75 bits per heavy atom. The van der Waals surface area contributed by atoms with E-state index in [1.165, 1.54) is 64.2 Å². The fraction of sp³-hybridized carbons (Fsp3) is 0.947. The van der Waals surface area contributed by atoms with Gasteiger partial charge in [-0.15, -0.1) is 0 Å². The van der Waals surface area contributed by atoms with Crippen molar-refractivity contribution in [3.05, 3.63) is 0 Å². The van der Waals surface area contributed by atoms with Crippen LogP contribution in [0.4, 0.5) is 0 Å². The first-order chi connectivity index (χ1) is 13.4. The zero-order valence-electron chi connectivity index (χ0n) is 17.4. The monoisotopic (exact) mass is 425 g/mol. The van der Waals surface area contributed by atoms with E-state index in [0.717, 1.165) is 19.3 Å². The normalized spacial score (nSPS) is 12.9. The summed E-state index contributed by atoms with van der Waals surface area (Å²) < 4.78 is 19.9. The van der Waals surface area contributed by atoms with Crippen molar-refractivity contribution in [2.24, 2.45) is 5.90 Å². The van der Waals surface area contributed by atoms with Gasteiger partial charge in [0.05, 0.1) is 6.61 Å². The molecule has 0 aliphatic rings. The molecule has 0 fully saturated rings. The smallest absolute Gasteiger partial charge is 0.463 e. The van der Waals surface area contributed by atoms with Gasteiger partial charge in [-0.3, -0.25) is 14.2 Å². The van der Waals surface area contributed by atoms with Gasteiger partial charge in [0.1, 0.15) is 12.7 Å². The highest BCUT2D eigenvalue weighted by molar-refractivity contribution is 7.46. The highest BCUT2D eigenvalue weighted by Crippen LogP contribution is 2.35. The highest BCUT2D eigenvalue weighted by atomic mass is 31.2. The largest absolute Gasteiger partial charge is 0.469 e. The summed E-state index contributed by atoms with van der Waals surface area (Å²) >= 11 is 0. The summed E-state index contributed by atoms with van der Waals surface area (Å²) in [6.45, 7) is 1.59. The van der Waals surface area contributed by atoms with Gasteiger partial charge in [0.2, 0.25) is 0 Å². The molecule has 168 valence electrons. The van der Waals surface area contributed by atoms with E-state index in [0.29, 0.717) is 6.42 Å². The number of esters is 1. The van der Waals surface area contributed by atoms with Gasteiger partial charge in [0.15, 0.2) is 0 Å². The van der Waals surface area contributed by atoms with Crippen LogP contribution in [0.2, 0.25) is 0 Å². The third-order valence-electron chi connectivity index (χ3n) is 4.54. The number of phosphoric ester groups is 1. The third-order valence-corrected chi connectivity index (χ3v) is 5.02. The third kappa shape index (κ3) is 20.2. The molecule has 0 radical (unpaired) electrons. The Kier molecular flexibility index (Phi) is 18.2. The molecule has 0 spiro atoms. The Bertz CT molecular complexity index is 417. The van der Waals surface area contributed by atoms with Crippen LogP contribution in [-0.4, -0.2) is 35.1 Å². The Morgan fingerprint density at radius 2 is 1.32 bits per heavy atom. The minimum Gasteiger partial charge on any atom is -0.463 e. The Balaban J connectivity index is 3.44. The van der Waals surface area contributed by atoms with E-state index >= 15 is 0 Å². The minimum atomic E-state index is -4.60. The molecular formula is C19H40NO7P. The van der Waals surface area contributed by atoms with E-state index in [4.69, 9.17) is 20.4 Å². The maximum Gasteiger partial charge on any atom is 0.469 e. The number of hydrogen-bond acceptors (Lipinski definition) is 6.